The zero-order valence-corrected chi connectivity index (χ0v) is 8.92. The highest BCUT2D eigenvalue weighted by molar-refractivity contribution is 9.10. The molecule has 0 radical (unpaired) electrons. The second kappa shape index (κ2) is 4.15. The van der Waals surface area contributed by atoms with Crippen molar-refractivity contribution in [2.75, 3.05) is 13.1 Å². The average molecular weight is 242 g/mol. The van der Waals surface area contributed by atoms with E-state index in [-0.39, 0.29) is 0 Å². The van der Waals surface area contributed by atoms with Crippen LogP contribution < -0.4 is 5.32 Å². The molecule has 1 N–H and O–H groups in total. The predicted octanol–water partition coefficient (Wildman–Crippen LogP) is 1.71. The summed E-state index contributed by atoms with van der Waals surface area (Å²) < 4.78 is 1.02. The molecule has 1 fully saturated rings. The van der Waals surface area contributed by atoms with Crippen LogP contribution in [0.2, 0.25) is 0 Å². The third-order valence-corrected chi connectivity index (χ3v) is 2.83. The summed E-state index contributed by atoms with van der Waals surface area (Å²) in [5, 5.41) is 11.4. The first kappa shape index (κ1) is 9.09. The van der Waals surface area contributed by atoms with E-state index in [0.717, 1.165) is 23.3 Å². The fraction of sp³-hybridized carbons (Fsp3) is 0.556. The van der Waals surface area contributed by atoms with E-state index in [4.69, 9.17) is 0 Å². The fourth-order valence-corrected chi connectivity index (χ4v) is 2.00. The number of nitrogens with zero attached hydrogens (tertiary/aromatic N) is 2. The van der Waals surface area contributed by atoms with E-state index >= 15 is 0 Å². The Balaban J connectivity index is 2.14. The van der Waals surface area contributed by atoms with Crippen LogP contribution in [-0.2, 0) is 0 Å². The van der Waals surface area contributed by atoms with Crippen LogP contribution in [0.25, 0.3) is 0 Å². The van der Waals surface area contributed by atoms with E-state index in [1.54, 1.807) is 6.20 Å². The average Bonchev–Trinajstić information content (AvgIpc) is 2.19. The van der Waals surface area contributed by atoms with Crippen LogP contribution in [0, 0.1) is 0 Å². The molecular formula is C9H12BrN3. The molecule has 2 rings (SSSR count). The molecule has 0 bridgehead atoms. The van der Waals surface area contributed by atoms with Gasteiger partial charge in [0.2, 0.25) is 0 Å². The van der Waals surface area contributed by atoms with E-state index in [1.165, 1.54) is 12.8 Å². The van der Waals surface area contributed by atoms with E-state index in [9.17, 15) is 0 Å². The Morgan fingerprint density at radius 1 is 1.38 bits per heavy atom. The minimum Gasteiger partial charge on any atom is -0.317 e. The summed E-state index contributed by atoms with van der Waals surface area (Å²) in [6.07, 6.45) is 4.07. The van der Waals surface area contributed by atoms with Crippen molar-refractivity contribution in [2.45, 2.75) is 18.8 Å². The van der Waals surface area contributed by atoms with Gasteiger partial charge in [0.1, 0.15) is 0 Å². The second-order valence-corrected chi connectivity index (χ2v) is 4.24. The highest BCUT2D eigenvalue weighted by atomic mass is 79.9. The van der Waals surface area contributed by atoms with Crippen molar-refractivity contribution in [1.29, 1.82) is 0 Å². The van der Waals surface area contributed by atoms with Crippen LogP contribution in [0.5, 0.6) is 0 Å². The number of rotatable bonds is 1. The number of hydrogen-bond acceptors (Lipinski definition) is 3. The van der Waals surface area contributed by atoms with Crippen molar-refractivity contribution in [3.63, 3.8) is 0 Å². The molecule has 1 aliphatic heterocycles. The summed E-state index contributed by atoms with van der Waals surface area (Å²) >= 11 is 3.41. The number of hydrogen-bond donors (Lipinski definition) is 1. The van der Waals surface area contributed by atoms with Crippen LogP contribution >= 0.6 is 15.9 Å². The Morgan fingerprint density at radius 2 is 2.15 bits per heavy atom. The van der Waals surface area contributed by atoms with Gasteiger partial charge < -0.3 is 5.32 Å². The van der Waals surface area contributed by atoms with Crippen LogP contribution in [0.3, 0.4) is 0 Å². The van der Waals surface area contributed by atoms with E-state index < -0.39 is 0 Å². The largest absolute Gasteiger partial charge is 0.317 e. The molecule has 0 atom stereocenters. The molecule has 3 nitrogen and oxygen atoms in total. The Morgan fingerprint density at radius 3 is 2.85 bits per heavy atom. The summed E-state index contributed by atoms with van der Waals surface area (Å²) in [5.41, 5.74) is 1.12. The van der Waals surface area contributed by atoms with Gasteiger partial charge in [-0.3, -0.25) is 0 Å². The predicted molar refractivity (Wildman–Crippen MR) is 54.6 cm³/mol. The molecule has 70 valence electrons. The first-order valence-electron chi connectivity index (χ1n) is 4.55. The van der Waals surface area contributed by atoms with Crippen molar-refractivity contribution in [1.82, 2.24) is 15.5 Å². The normalized spacial score (nSPS) is 18.8. The molecular weight excluding hydrogens is 230 g/mol. The van der Waals surface area contributed by atoms with E-state index in [0.29, 0.717) is 5.92 Å². The van der Waals surface area contributed by atoms with Crippen LogP contribution in [0.4, 0.5) is 0 Å². The summed E-state index contributed by atoms with van der Waals surface area (Å²) in [5.74, 6) is 0.589. The highest BCUT2D eigenvalue weighted by Gasteiger charge is 2.16. The first-order chi connectivity index (χ1) is 6.36. The molecule has 0 aromatic carbocycles. The molecule has 0 unspecified atom stereocenters. The molecule has 0 aliphatic carbocycles. The molecule has 0 amide bonds. The third-order valence-electron chi connectivity index (χ3n) is 2.40. The lowest BCUT2D eigenvalue weighted by Crippen LogP contribution is -2.27. The van der Waals surface area contributed by atoms with Crippen molar-refractivity contribution >= 4 is 15.9 Å². The number of piperidine rings is 1. The second-order valence-electron chi connectivity index (χ2n) is 3.32. The highest BCUT2D eigenvalue weighted by Crippen LogP contribution is 2.24. The van der Waals surface area contributed by atoms with Gasteiger partial charge in [0.25, 0.3) is 0 Å². The molecule has 1 saturated heterocycles. The van der Waals surface area contributed by atoms with Gasteiger partial charge in [-0.05, 0) is 47.9 Å². The Labute approximate surface area is 86.1 Å². The van der Waals surface area contributed by atoms with Gasteiger partial charge in [-0.15, -0.1) is 0 Å². The topological polar surface area (TPSA) is 37.8 Å². The van der Waals surface area contributed by atoms with Crippen molar-refractivity contribution in [3.8, 4) is 0 Å². The molecule has 0 saturated carbocycles. The molecule has 2 heterocycles. The minimum absolute atomic E-state index is 0.589. The van der Waals surface area contributed by atoms with Gasteiger partial charge in [0, 0.05) is 10.4 Å². The standard InChI is InChI=1S/C9H12BrN3/c10-8-5-9(13-12-6-8)7-1-3-11-4-2-7/h5-7,11H,1-4H2. The van der Waals surface area contributed by atoms with Crippen LogP contribution in [0.15, 0.2) is 16.7 Å². The lowest BCUT2D eigenvalue weighted by molar-refractivity contribution is 0.450. The van der Waals surface area contributed by atoms with Crippen LogP contribution in [0.1, 0.15) is 24.5 Å². The zero-order chi connectivity index (χ0) is 9.10. The van der Waals surface area contributed by atoms with Gasteiger partial charge in [-0.25, -0.2) is 0 Å². The summed E-state index contributed by atoms with van der Waals surface area (Å²) in [6.45, 7) is 2.19. The molecule has 13 heavy (non-hydrogen) atoms. The maximum Gasteiger partial charge on any atom is 0.0674 e. The van der Waals surface area contributed by atoms with Crippen molar-refractivity contribution in [2.24, 2.45) is 0 Å². The van der Waals surface area contributed by atoms with E-state index in [2.05, 4.69) is 37.5 Å². The monoisotopic (exact) mass is 241 g/mol. The molecule has 4 heteroatoms. The first-order valence-corrected chi connectivity index (χ1v) is 5.34. The van der Waals surface area contributed by atoms with Gasteiger partial charge in [-0.1, -0.05) is 0 Å². The van der Waals surface area contributed by atoms with Gasteiger partial charge in [0.15, 0.2) is 0 Å². The zero-order valence-electron chi connectivity index (χ0n) is 7.33. The lowest BCUT2D eigenvalue weighted by atomic mass is 9.94. The van der Waals surface area contributed by atoms with Gasteiger partial charge >= 0.3 is 0 Å². The minimum atomic E-state index is 0.589. The molecule has 0 spiro atoms. The fourth-order valence-electron chi connectivity index (χ4n) is 1.68. The SMILES string of the molecule is Brc1cnnc(C2CCNCC2)c1. The number of nitrogens with one attached hydrogen (secondary N) is 1. The number of halogens is 1. The third kappa shape index (κ3) is 2.25. The quantitative estimate of drug-likeness (QED) is 0.814. The summed E-state index contributed by atoms with van der Waals surface area (Å²) in [4.78, 5) is 0. The Kier molecular flexibility index (Phi) is 2.90. The van der Waals surface area contributed by atoms with Crippen molar-refractivity contribution < 1.29 is 0 Å². The number of aromatic nitrogens is 2. The van der Waals surface area contributed by atoms with Crippen molar-refractivity contribution in [3.05, 3.63) is 22.4 Å². The smallest absolute Gasteiger partial charge is 0.0674 e. The lowest BCUT2D eigenvalue weighted by Gasteiger charge is -2.21. The molecule has 1 aliphatic rings. The van der Waals surface area contributed by atoms with Crippen LogP contribution in [-0.4, -0.2) is 23.3 Å². The van der Waals surface area contributed by atoms with E-state index in [1.807, 2.05) is 0 Å². The maximum atomic E-state index is 4.16. The Hall–Kier alpha value is -0.480. The molecule has 1 aromatic heterocycles. The Bertz CT molecular complexity index is 284. The maximum absolute atomic E-state index is 4.16. The molecule has 1 aromatic rings. The summed E-state index contributed by atoms with van der Waals surface area (Å²) in [7, 11) is 0. The van der Waals surface area contributed by atoms with Gasteiger partial charge in [0.05, 0.1) is 11.9 Å². The summed E-state index contributed by atoms with van der Waals surface area (Å²) in [6, 6.07) is 2.07. The van der Waals surface area contributed by atoms with Gasteiger partial charge in [-0.2, -0.15) is 10.2 Å².